The van der Waals surface area contributed by atoms with Crippen molar-refractivity contribution in [3.05, 3.63) is 28.2 Å². The number of H-pyrrole nitrogens is 1. The van der Waals surface area contributed by atoms with E-state index >= 15 is 0 Å². The van der Waals surface area contributed by atoms with Gasteiger partial charge in [0.15, 0.2) is 5.75 Å². The molecule has 60 valence electrons. The second-order valence-electron chi connectivity index (χ2n) is 2.79. The lowest BCUT2D eigenvalue weighted by Crippen LogP contribution is -2.03. The summed E-state index contributed by atoms with van der Waals surface area (Å²) in [7, 11) is 0. The van der Waals surface area contributed by atoms with Crippen LogP contribution in [0.25, 0.3) is 0 Å². The number of rotatable bonds is 1. The number of aromatic amines is 1. The molecule has 11 heavy (non-hydrogen) atoms. The zero-order valence-electron chi connectivity index (χ0n) is 6.59. The van der Waals surface area contributed by atoms with Gasteiger partial charge in [0, 0.05) is 18.0 Å². The van der Waals surface area contributed by atoms with Crippen molar-refractivity contribution in [2.75, 3.05) is 0 Å². The molecule has 0 spiro atoms. The largest absolute Gasteiger partial charge is 0.503 e. The van der Waals surface area contributed by atoms with Gasteiger partial charge in [0.05, 0.1) is 0 Å². The molecule has 0 radical (unpaired) electrons. The number of aromatic nitrogens is 1. The molecule has 0 atom stereocenters. The Balaban J connectivity index is 3.16. The normalized spacial score (nSPS) is 10.5. The molecule has 3 nitrogen and oxygen atoms in total. The summed E-state index contributed by atoms with van der Waals surface area (Å²) >= 11 is 0. The molecule has 1 aromatic rings. The van der Waals surface area contributed by atoms with Crippen molar-refractivity contribution in [3.63, 3.8) is 0 Å². The fraction of sp³-hybridized carbons (Fsp3) is 0.375. The maximum atomic E-state index is 10.9. The Labute approximate surface area is 64.7 Å². The molecule has 0 saturated carbocycles. The first-order valence-electron chi connectivity index (χ1n) is 3.53. The maximum Gasteiger partial charge on any atom is 0.223 e. The van der Waals surface area contributed by atoms with Crippen LogP contribution < -0.4 is 5.43 Å². The Kier molecular flexibility index (Phi) is 1.98. The topological polar surface area (TPSA) is 53.1 Å². The Morgan fingerprint density at radius 2 is 2.18 bits per heavy atom. The Morgan fingerprint density at radius 3 is 2.64 bits per heavy atom. The highest BCUT2D eigenvalue weighted by Gasteiger charge is 2.01. The molecule has 2 N–H and O–H groups in total. The monoisotopic (exact) mass is 153 g/mol. The van der Waals surface area contributed by atoms with Gasteiger partial charge in [-0.25, -0.2) is 0 Å². The number of pyridine rings is 1. The molecule has 0 amide bonds. The first kappa shape index (κ1) is 7.85. The summed E-state index contributed by atoms with van der Waals surface area (Å²) in [6.45, 7) is 3.95. The molecule has 0 aliphatic carbocycles. The van der Waals surface area contributed by atoms with E-state index in [-0.39, 0.29) is 17.1 Å². The summed E-state index contributed by atoms with van der Waals surface area (Å²) in [6.07, 6.45) is 1.32. The van der Waals surface area contributed by atoms with E-state index in [1.54, 1.807) is 0 Å². The van der Waals surface area contributed by atoms with Gasteiger partial charge in [-0.05, 0) is 5.92 Å². The lowest BCUT2D eigenvalue weighted by atomic mass is 10.1. The van der Waals surface area contributed by atoms with E-state index in [1.807, 2.05) is 13.8 Å². The predicted molar refractivity (Wildman–Crippen MR) is 42.8 cm³/mol. The van der Waals surface area contributed by atoms with E-state index in [1.165, 1.54) is 12.3 Å². The zero-order chi connectivity index (χ0) is 8.43. The van der Waals surface area contributed by atoms with Gasteiger partial charge in [0.2, 0.25) is 5.43 Å². The standard InChI is InChI=1S/C8H11NO2/c1-5(2)6-3-7(10)8(11)4-9-6/h3-5,11H,1-2H3,(H,9,10). The van der Waals surface area contributed by atoms with Crippen LogP contribution in [0.2, 0.25) is 0 Å². The molecule has 0 aliphatic rings. The van der Waals surface area contributed by atoms with Gasteiger partial charge in [-0.1, -0.05) is 13.8 Å². The lowest BCUT2D eigenvalue weighted by molar-refractivity contribution is 0.466. The highest BCUT2D eigenvalue weighted by Crippen LogP contribution is 2.09. The minimum Gasteiger partial charge on any atom is -0.503 e. The second kappa shape index (κ2) is 2.78. The Morgan fingerprint density at radius 1 is 1.55 bits per heavy atom. The third kappa shape index (κ3) is 1.61. The van der Waals surface area contributed by atoms with Crippen molar-refractivity contribution in [1.82, 2.24) is 4.98 Å². The van der Waals surface area contributed by atoms with Gasteiger partial charge in [0.1, 0.15) is 0 Å². The molecule has 0 unspecified atom stereocenters. The molecule has 0 aromatic carbocycles. The fourth-order valence-corrected chi connectivity index (χ4v) is 0.813. The Bertz CT molecular complexity index is 301. The van der Waals surface area contributed by atoms with Crippen LogP contribution in [0.5, 0.6) is 5.75 Å². The van der Waals surface area contributed by atoms with Gasteiger partial charge in [-0.2, -0.15) is 0 Å². The summed E-state index contributed by atoms with van der Waals surface area (Å²) < 4.78 is 0. The van der Waals surface area contributed by atoms with Gasteiger partial charge in [0.25, 0.3) is 0 Å². The number of nitrogens with one attached hydrogen (secondary N) is 1. The average Bonchev–Trinajstić information content (AvgIpc) is 1.94. The lowest BCUT2D eigenvalue weighted by Gasteiger charge is -2.03. The number of hydrogen-bond acceptors (Lipinski definition) is 2. The minimum atomic E-state index is -0.326. The van der Waals surface area contributed by atoms with Crippen molar-refractivity contribution in [2.24, 2.45) is 0 Å². The number of hydrogen-bond donors (Lipinski definition) is 2. The summed E-state index contributed by atoms with van der Waals surface area (Å²) in [4.78, 5) is 13.7. The SMILES string of the molecule is CC(C)c1cc(=O)c(O)c[nH]1. The van der Waals surface area contributed by atoms with Gasteiger partial charge in [-0.3, -0.25) is 4.79 Å². The molecule has 0 aliphatic heterocycles. The van der Waals surface area contributed by atoms with Crippen LogP contribution in [0.4, 0.5) is 0 Å². The first-order valence-corrected chi connectivity index (χ1v) is 3.53. The summed E-state index contributed by atoms with van der Waals surface area (Å²) in [5.74, 6) is 0.0534. The van der Waals surface area contributed by atoms with E-state index in [4.69, 9.17) is 5.11 Å². The first-order chi connectivity index (χ1) is 5.11. The number of aromatic hydroxyl groups is 1. The van der Waals surface area contributed by atoms with Crippen molar-refractivity contribution in [1.29, 1.82) is 0 Å². The highest BCUT2D eigenvalue weighted by molar-refractivity contribution is 5.19. The quantitative estimate of drug-likeness (QED) is 0.637. The molecular weight excluding hydrogens is 142 g/mol. The van der Waals surface area contributed by atoms with E-state index in [0.717, 1.165) is 5.69 Å². The van der Waals surface area contributed by atoms with E-state index < -0.39 is 0 Å². The second-order valence-corrected chi connectivity index (χ2v) is 2.79. The van der Waals surface area contributed by atoms with Crippen molar-refractivity contribution in [3.8, 4) is 5.75 Å². The van der Waals surface area contributed by atoms with Crippen LogP contribution >= 0.6 is 0 Å². The minimum absolute atomic E-state index is 0.227. The molecule has 3 heteroatoms. The third-order valence-corrected chi connectivity index (χ3v) is 1.54. The Hall–Kier alpha value is -1.25. The molecule has 1 heterocycles. The van der Waals surface area contributed by atoms with E-state index in [0.29, 0.717) is 0 Å². The molecule has 0 bridgehead atoms. The van der Waals surface area contributed by atoms with Crippen LogP contribution in [0, 0.1) is 0 Å². The van der Waals surface area contributed by atoms with Crippen LogP contribution in [-0.4, -0.2) is 10.1 Å². The maximum absolute atomic E-state index is 10.9. The smallest absolute Gasteiger partial charge is 0.223 e. The third-order valence-electron chi connectivity index (χ3n) is 1.54. The van der Waals surface area contributed by atoms with Crippen LogP contribution in [0.1, 0.15) is 25.5 Å². The van der Waals surface area contributed by atoms with E-state index in [2.05, 4.69) is 4.98 Å². The summed E-state index contributed by atoms with van der Waals surface area (Å²) in [5, 5.41) is 8.88. The van der Waals surface area contributed by atoms with Crippen molar-refractivity contribution in [2.45, 2.75) is 19.8 Å². The molecular formula is C8H11NO2. The van der Waals surface area contributed by atoms with Gasteiger partial charge in [-0.15, -0.1) is 0 Å². The molecule has 1 aromatic heterocycles. The van der Waals surface area contributed by atoms with Crippen LogP contribution in [0.15, 0.2) is 17.1 Å². The average molecular weight is 153 g/mol. The molecule has 0 fully saturated rings. The van der Waals surface area contributed by atoms with E-state index in [9.17, 15) is 4.79 Å². The van der Waals surface area contributed by atoms with Crippen LogP contribution in [0.3, 0.4) is 0 Å². The van der Waals surface area contributed by atoms with Gasteiger partial charge < -0.3 is 10.1 Å². The van der Waals surface area contributed by atoms with Crippen molar-refractivity contribution < 1.29 is 5.11 Å². The zero-order valence-corrected chi connectivity index (χ0v) is 6.59. The summed E-state index contributed by atoms with van der Waals surface area (Å²) in [5.41, 5.74) is 0.514. The van der Waals surface area contributed by atoms with Gasteiger partial charge >= 0.3 is 0 Å². The van der Waals surface area contributed by atoms with Crippen molar-refractivity contribution >= 4 is 0 Å². The summed E-state index contributed by atoms with van der Waals surface area (Å²) in [6, 6.07) is 1.42. The molecule has 1 rings (SSSR count). The molecule has 0 saturated heterocycles. The predicted octanol–water partition coefficient (Wildman–Crippen LogP) is 1.20. The highest BCUT2D eigenvalue weighted by atomic mass is 16.3. The van der Waals surface area contributed by atoms with Crippen LogP contribution in [-0.2, 0) is 0 Å². The fourth-order valence-electron chi connectivity index (χ4n) is 0.813.